The number of aromatic nitrogens is 3. The normalized spacial score (nSPS) is 12.3. The Kier molecular flexibility index (Phi) is 3.50. The van der Waals surface area contributed by atoms with Crippen LogP contribution in [0.5, 0.6) is 0 Å². The van der Waals surface area contributed by atoms with Crippen molar-refractivity contribution in [1.29, 1.82) is 0 Å². The molecular formula is C33H19N3O. The lowest BCUT2D eigenvalue weighted by molar-refractivity contribution is 0.651. The van der Waals surface area contributed by atoms with Gasteiger partial charge in [-0.1, -0.05) is 78.9 Å². The molecule has 37 heavy (non-hydrogen) atoms. The number of nitrogens with zero attached hydrogens (tertiary/aromatic N) is 3. The Morgan fingerprint density at radius 1 is 0.514 bits per heavy atom. The smallest absolute Gasteiger partial charge is 0.234 e. The van der Waals surface area contributed by atoms with Gasteiger partial charge in [-0.05, 0) is 68.7 Å². The third kappa shape index (κ3) is 2.39. The van der Waals surface area contributed by atoms with Crippen molar-refractivity contribution < 1.29 is 4.42 Å². The van der Waals surface area contributed by atoms with E-state index in [0.29, 0.717) is 0 Å². The second-order valence-electron chi connectivity index (χ2n) is 9.64. The molecule has 3 aromatic heterocycles. The monoisotopic (exact) mass is 473 g/mol. The summed E-state index contributed by atoms with van der Waals surface area (Å²) in [5.74, 6) is 0.852. The molecule has 0 saturated carbocycles. The standard InChI is InChI=1S/C33H19N3O/c1-2-11-23-21(9-1)22-10-3-4-12-24(22)27-19-20(17-18-25(23)27)35-28-14-6-7-15-29(28)36-32-31(34-33(35)36)26-13-5-8-16-30(26)37-32/h1-19H. The summed E-state index contributed by atoms with van der Waals surface area (Å²) in [4.78, 5) is 5.14. The Balaban J connectivity index is 1.44. The van der Waals surface area contributed by atoms with Crippen LogP contribution in [0.1, 0.15) is 0 Å². The van der Waals surface area contributed by atoms with Crippen molar-refractivity contribution in [3.63, 3.8) is 0 Å². The van der Waals surface area contributed by atoms with Gasteiger partial charge in [0.2, 0.25) is 11.5 Å². The van der Waals surface area contributed by atoms with E-state index in [-0.39, 0.29) is 0 Å². The maximum absolute atomic E-state index is 6.33. The van der Waals surface area contributed by atoms with Crippen LogP contribution in [0.4, 0.5) is 0 Å². The van der Waals surface area contributed by atoms with E-state index in [1.54, 1.807) is 0 Å². The zero-order valence-corrected chi connectivity index (χ0v) is 19.7. The van der Waals surface area contributed by atoms with Crippen molar-refractivity contribution in [3.8, 4) is 5.69 Å². The van der Waals surface area contributed by atoms with Crippen LogP contribution in [0.2, 0.25) is 0 Å². The molecule has 0 aliphatic carbocycles. The Hall–Kier alpha value is -5.09. The van der Waals surface area contributed by atoms with Crippen LogP contribution in [-0.2, 0) is 0 Å². The van der Waals surface area contributed by atoms with Crippen LogP contribution in [0.25, 0.3) is 77.0 Å². The Morgan fingerprint density at radius 3 is 1.81 bits per heavy atom. The van der Waals surface area contributed by atoms with E-state index in [1.165, 1.54) is 32.3 Å². The molecule has 0 aliphatic heterocycles. The Labute approximate surface area is 210 Å². The van der Waals surface area contributed by atoms with Gasteiger partial charge >= 0.3 is 0 Å². The number of benzene rings is 6. The minimum atomic E-state index is 0.781. The molecule has 0 N–H and O–H groups in total. The van der Waals surface area contributed by atoms with Crippen LogP contribution >= 0.6 is 0 Å². The molecule has 0 spiro atoms. The van der Waals surface area contributed by atoms with Gasteiger partial charge in [0.25, 0.3) is 0 Å². The number of hydrogen-bond acceptors (Lipinski definition) is 2. The minimum Gasteiger partial charge on any atom is -0.437 e. The number of furan rings is 1. The molecular weight excluding hydrogens is 454 g/mol. The van der Waals surface area contributed by atoms with Crippen LogP contribution < -0.4 is 0 Å². The van der Waals surface area contributed by atoms with E-state index in [1.807, 2.05) is 18.2 Å². The molecule has 0 fully saturated rings. The van der Waals surface area contributed by atoms with Crippen LogP contribution in [-0.4, -0.2) is 14.0 Å². The summed E-state index contributed by atoms with van der Waals surface area (Å²) >= 11 is 0. The molecule has 0 atom stereocenters. The molecule has 0 bridgehead atoms. The molecule has 4 heteroatoms. The first kappa shape index (κ1) is 19.1. The molecule has 6 aromatic carbocycles. The maximum atomic E-state index is 6.33. The second kappa shape index (κ2) is 6.77. The summed E-state index contributed by atoms with van der Waals surface area (Å²) in [5, 5.41) is 8.62. The fourth-order valence-corrected chi connectivity index (χ4v) is 6.13. The SMILES string of the molecule is c1ccc2c(c1)oc1c2nc2n(-c3ccc4c5ccccc5c5ccccc5c4c3)c3ccccc3n12. The minimum absolute atomic E-state index is 0.781. The molecule has 0 radical (unpaired) electrons. The van der Waals surface area contributed by atoms with Crippen LogP contribution in [0, 0.1) is 0 Å². The van der Waals surface area contributed by atoms with Gasteiger partial charge < -0.3 is 4.42 Å². The van der Waals surface area contributed by atoms with Crippen molar-refractivity contribution in [1.82, 2.24) is 14.0 Å². The van der Waals surface area contributed by atoms with E-state index in [4.69, 9.17) is 9.40 Å². The van der Waals surface area contributed by atoms with E-state index >= 15 is 0 Å². The van der Waals surface area contributed by atoms with Gasteiger partial charge in [0.1, 0.15) is 11.1 Å². The van der Waals surface area contributed by atoms with Gasteiger partial charge in [-0.3, -0.25) is 4.57 Å². The number of para-hydroxylation sites is 3. The summed E-state index contributed by atoms with van der Waals surface area (Å²) in [7, 11) is 0. The quantitative estimate of drug-likeness (QED) is 0.224. The fraction of sp³-hybridized carbons (Fsp3) is 0. The highest BCUT2D eigenvalue weighted by atomic mass is 16.3. The van der Waals surface area contributed by atoms with Crippen LogP contribution in [0.3, 0.4) is 0 Å². The molecule has 0 aliphatic rings. The first-order chi connectivity index (χ1) is 18.4. The number of hydrogen-bond donors (Lipinski definition) is 0. The van der Waals surface area contributed by atoms with Gasteiger partial charge in [-0.25, -0.2) is 9.38 Å². The molecule has 4 nitrogen and oxygen atoms in total. The summed E-state index contributed by atoms with van der Waals surface area (Å²) < 4.78 is 10.7. The summed E-state index contributed by atoms with van der Waals surface area (Å²) in [6.45, 7) is 0. The zero-order chi connectivity index (χ0) is 24.1. The summed E-state index contributed by atoms with van der Waals surface area (Å²) in [6, 6.07) is 40.7. The van der Waals surface area contributed by atoms with Crippen molar-refractivity contribution >= 4 is 71.3 Å². The molecule has 0 unspecified atom stereocenters. The third-order valence-electron chi connectivity index (χ3n) is 7.72. The summed E-state index contributed by atoms with van der Waals surface area (Å²) in [6.07, 6.45) is 0. The van der Waals surface area contributed by atoms with Crippen molar-refractivity contribution in [2.45, 2.75) is 0 Å². The molecule has 3 heterocycles. The highest BCUT2D eigenvalue weighted by Crippen LogP contribution is 2.38. The van der Waals surface area contributed by atoms with Crippen molar-refractivity contribution in [2.24, 2.45) is 0 Å². The summed E-state index contributed by atoms with van der Waals surface area (Å²) in [5.41, 5.74) is 5.77. The lowest BCUT2D eigenvalue weighted by Crippen LogP contribution is -1.95. The van der Waals surface area contributed by atoms with E-state index in [0.717, 1.165) is 44.7 Å². The van der Waals surface area contributed by atoms with Gasteiger partial charge in [0.05, 0.1) is 11.0 Å². The molecule has 0 amide bonds. The first-order valence-electron chi connectivity index (χ1n) is 12.5. The molecule has 9 rings (SSSR count). The molecule has 9 aromatic rings. The Morgan fingerprint density at radius 2 is 1.08 bits per heavy atom. The number of rotatable bonds is 1. The van der Waals surface area contributed by atoms with Crippen molar-refractivity contribution in [2.75, 3.05) is 0 Å². The predicted molar refractivity (Wildman–Crippen MR) is 152 cm³/mol. The van der Waals surface area contributed by atoms with Gasteiger partial charge in [0.15, 0.2) is 0 Å². The predicted octanol–water partition coefficient (Wildman–Crippen LogP) is 8.64. The lowest BCUT2D eigenvalue weighted by Gasteiger charge is -2.12. The van der Waals surface area contributed by atoms with E-state index in [9.17, 15) is 0 Å². The molecule has 172 valence electrons. The van der Waals surface area contributed by atoms with Crippen LogP contribution in [0.15, 0.2) is 120 Å². The zero-order valence-electron chi connectivity index (χ0n) is 19.7. The third-order valence-corrected chi connectivity index (χ3v) is 7.72. The fourth-order valence-electron chi connectivity index (χ4n) is 6.13. The van der Waals surface area contributed by atoms with Gasteiger partial charge in [-0.2, -0.15) is 0 Å². The maximum Gasteiger partial charge on any atom is 0.234 e. The first-order valence-corrected chi connectivity index (χ1v) is 12.5. The highest BCUT2D eigenvalue weighted by Gasteiger charge is 2.21. The number of fused-ring (bicyclic) bond motifs is 13. The largest absolute Gasteiger partial charge is 0.437 e. The van der Waals surface area contributed by atoms with E-state index < -0.39 is 0 Å². The van der Waals surface area contributed by atoms with Crippen molar-refractivity contribution in [3.05, 3.63) is 115 Å². The average Bonchev–Trinajstić information content (AvgIpc) is 3.60. The van der Waals surface area contributed by atoms with Gasteiger partial charge in [0, 0.05) is 11.1 Å². The van der Waals surface area contributed by atoms with Gasteiger partial charge in [-0.15, -0.1) is 0 Å². The lowest BCUT2D eigenvalue weighted by atomic mass is 9.94. The van der Waals surface area contributed by atoms with E-state index in [2.05, 4.69) is 106 Å². The highest BCUT2D eigenvalue weighted by molar-refractivity contribution is 6.25. The Bertz CT molecular complexity index is 2330. The topological polar surface area (TPSA) is 35.4 Å². The second-order valence-corrected chi connectivity index (χ2v) is 9.64. The molecule has 0 saturated heterocycles. The average molecular weight is 474 g/mol. The number of imidazole rings is 2.